The molecule has 0 aromatic rings. The van der Waals surface area contributed by atoms with Crippen molar-refractivity contribution in [3.8, 4) is 0 Å². The summed E-state index contributed by atoms with van der Waals surface area (Å²) in [6.07, 6.45) is 0. The average molecular weight is 473 g/mol. The molecule has 0 aromatic heterocycles. The van der Waals surface area contributed by atoms with E-state index in [0.29, 0.717) is 0 Å². The molecule has 5 fully saturated rings. The van der Waals surface area contributed by atoms with Crippen LogP contribution in [0.3, 0.4) is 0 Å². The Balaban J connectivity index is 2.01. The fourth-order valence-corrected chi connectivity index (χ4v) is 8.18. The predicted octanol–water partition coefficient (Wildman–Crippen LogP) is 1.65. The van der Waals surface area contributed by atoms with Gasteiger partial charge in [-0.25, -0.2) is 0 Å². The molecular weight excluding hydrogens is 432 g/mol. The van der Waals surface area contributed by atoms with E-state index in [1.807, 2.05) is 69.2 Å². The van der Waals surface area contributed by atoms with Crippen LogP contribution in [0.2, 0.25) is 0 Å². The summed E-state index contributed by atoms with van der Waals surface area (Å²) in [6.45, 7) is 18.8. The van der Waals surface area contributed by atoms with E-state index >= 15 is 0 Å². The molecule has 8 heteroatoms. The van der Waals surface area contributed by atoms with E-state index in [-0.39, 0.29) is 47.8 Å². The van der Waals surface area contributed by atoms with Crippen molar-refractivity contribution in [1.29, 1.82) is 0 Å². The van der Waals surface area contributed by atoms with E-state index in [4.69, 9.17) is 0 Å². The van der Waals surface area contributed by atoms with Gasteiger partial charge in [0.2, 0.25) is 23.6 Å². The summed E-state index contributed by atoms with van der Waals surface area (Å²) in [5, 5.41) is 12.0. The highest BCUT2D eigenvalue weighted by molar-refractivity contribution is 6.25. The molecule has 0 radical (unpaired) electrons. The molecule has 5 rings (SSSR count). The van der Waals surface area contributed by atoms with Gasteiger partial charge in [0.15, 0.2) is 0 Å². The van der Waals surface area contributed by atoms with Crippen LogP contribution >= 0.6 is 0 Å². The third-order valence-corrected chi connectivity index (χ3v) is 8.36. The molecule has 0 atom stereocenters. The number of carbonyl (C=O) groups is 4. The Bertz CT molecular complexity index is 868. The second-order valence-electron chi connectivity index (χ2n) is 12.1. The fourth-order valence-electron chi connectivity index (χ4n) is 8.18. The molecule has 34 heavy (non-hydrogen) atoms. The molecule has 4 amide bonds. The first-order valence-corrected chi connectivity index (χ1v) is 12.6. The van der Waals surface area contributed by atoms with Gasteiger partial charge in [-0.2, -0.15) is 0 Å². The molecule has 0 saturated heterocycles. The smallest absolute Gasteiger partial charge is 0.229 e. The molecule has 0 unspecified atom stereocenters. The molecule has 2 bridgehead atoms. The second-order valence-corrected chi connectivity index (χ2v) is 12.1. The lowest BCUT2D eigenvalue weighted by Gasteiger charge is -2.46. The van der Waals surface area contributed by atoms with Crippen LogP contribution in [0.5, 0.6) is 0 Å². The summed E-state index contributed by atoms with van der Waals surface area (Å²) in [7, 11) is 0. The first kappa shape index (κ1) is 24.7. The zero-order valence-corrected chi connectivity index (χ0v) is 22.1. The predicted molar refractivity (Wildman–Crippen MR) is 128 cm³/mol. The Hall–Kier alpha value is -2.38. The number of allylic oxidation sites excluding steroid dienone is 2. The average Bonchev–Trinajstić information content (AvgIpc) is 3.31. The van der Waals surface area contributed by atoms with Crippen LogP contribution in [-0.2, 0) is 19.2 Å². The standard InChI is InChI=1S/C26H40N4O4/c1-11(2)16-17-23(19(31)27-12(3)4)24(17,20(32)28-13(5)6)26(22(34)30-15(9)10)18(16)25(23,26)21(33)29-14(7)8/h12-15,17-18H,1-10H3,(H,27,31)(H,28,32)(H,29,33)(H,30,34). The summed E-state index contributed by atoms with van der Waals surface area (Å²) in [5.74, 6) is -2.09. The molecule has 0 spiro atoms. The van der Waals surface area contributed by atoms with Crippen molar-refractivity contribution in [3.63, 3.8) is 0 Å². The highest BCUT2D eigenvalue weighted by Crippen LogP contribution is 3.16. The molecular formula is C26H40N4O4. The van der Waals surface area contributed by atoms with Crippen LogP contribution in [0.25, 0.3) is 0 Å². The van der Waals surface area contributed by atoms with Crippen molar-refractivity contribution in [2.24, 2.45) is 33.5 Å². The van der Waals surface area contributed by atoms with Gasteiger partial charge in [0.25, 0.3) is 0 Å². The van der Waals surface area contributed by atoms with Crippen LogP contribution in [0.4, 0.5) is 0 Å². The van der Waals surface area contributed by atoms with Gasteiger partial charge in [-0.15, -0.1) is 0 Å². The van der Waals surface area contributed by atoms with Gasteiger partial charge in [-0.05, 0) is 69.2 Å². The lowest BCUT2D eigenvalue weighted by molar-refractivity contribution is -0.168. The molecule has 0 heterocycles. The van der Waals surface area contributed by atoms with Crippen LogP contribution in [-0.4, -0.2) is 47.8 Å². The minimum Gasteiger partial charge on any atom is -0.353 e. The molecule has 5 aliphatic rings. The van der Waals surface area contributed by atoms with Crippen molar-refractivity contribution in [2.75, 3.05) is 0 Å². The summed E-state index contributed by atoms with van der Waals surface area (Å²) in [6, 6.07) is -0.651. The van der Waals surface area contributed by atoms with E-state index in [1.165, 1.54) is 0 Å². The number of hydrogen-bond donors (Lipinski definition) is 4. The van der Waals surface area contributed by atoms with E-state index < -0.39 is 33.5 Å². The summed E-state index contributed by atoms with van der Waals surface area (Å²) >= 11 is 0. The van der Waals surface area contributed by atoms with E-state index in [9.17, 15) is 19.2 Å². The Morgan fingerprint density at radius 1 is 0.529 bits per heavy atom. The molecule has 5 aliphatic carbocycles. The zero-order chi connectivity index (χ0) is 25.8. The highest BCUT2D eigenvalue weighted by atomic mass is 16.2. The number of nitrogens with one attached hydrogen (secondary N) is 4. The van der Waals surface area contributed by atoms with Gasteiger partial charge in [0.05, 0.1) is 21.7 Å². The molecule has 0 aliphatic heterocycles. The monoisotopic (exact) mass is 472 g/mol. The molecule has 5 saturated carbocycles. The quantitative estimate of drug-likeness (QED) is 0.402. The maximum Gasteiger partial charge on any atom is 0.229 e. The maximum absolute atomic E-state index is 14.0. The maximum atomic E-state index is 14.0. The molecule has 0 aromatic carbocycles. The van der Waals surface area contributed by atoms with E-state index in [0.717, 1.165) is 11.1 Å². The van der Waals surface area contributed by atoms with Crippen molar-refractivity contribution in [3.05, 3.63) is 11.1 Å². The Morgan fingerprint density at radius 3 is 0.882 bits per heavy atom. The van der Waals surface area contributed by atoms with Gasteiger partial charge < -0.3 is 21.3 Å². The molecule has 4 N–H and O–H groups in total. The molecule has 8 nitrogen and oxygen atoms in total. The Labute approximate surface area is 202 Å². The Kier molecular flexibility index (Phi) is 5.15. The van der Waals surface area contributed by atoms with Crippen LogP contribution in [0.15, 0.2) is 11.1 Å². The third-order valence-electron chi connectivity index (χ3n) is 8.36. The van der Waals surface area contributed by atoms with Gasteiger partial charge >= 0.3 is 0 Å². The largest absolute Gasteiger partial charge is 0.353 e. The third kappa shape index (κ3) is 2.17. The zero-order valence-electron chi connectivity index (χ0n) is 22.1. The molecule has 188 valence electrons. The Morgan fingerprint density at radius 2 is 0.735 bits per heavy atom. The van der Waals surface area contributed by atoms with Crippen molar-refractivity contribution in [1.82, 2.24) is 21.3 Å². The van der Waals surface area contributed by atoms with Crippen LogP contribution in [0, 0.1) is 33.5 Å². The lowest BCUT2D eigenvalue weighted by Crippen LogP contribution is -2.67. The van der Waals surface area contributed by atoms with Gasteiger partial charge in [0.1, 0.15) is 0 Å². The lowest BCUT2D eigenvalue weighted by atomic mass is 9.54. The van der Waals surface area contributed by atoms with Crippen molar-refractivity contribution >= 4 is 23.6 Å². The fraction of sp³-hybridized carbons (Fsp3) is 0.769. The minimum absolute atomic E-state index is 0.163. The second kappa shape index (κ2) is 7.08. The van der Waals surface area contributed by atoms with Crippen molar-refractivity contribution in [2.45, 2.75) is 93.4 Å². The summed E-state index contributed by atoms with van der Waals surface area (Å²) in [4.78, 5) is 56.0. The van der Waals surface area contributed by atoms with E-state index in [2.05, 4.69) is 21.3 Å². The number of hydrogen-bond acceptors (Lipinski definition) is 4. The SMILES string of the molecule is CC(C)=C1C2C3(C(=O)NC(C)C)C2(C(=O)NC(C)C)C2(C(=O)NC(C)C)C1C32C(=O)NC(C)C. The van der Waals surface area contributed by atoms with Crippen molar-refractivity contribution < 1.29 is 19.2 Å². The number of carbonyl (C=O) groups excluding carboxylic acids is 4. The van der Waals surface area contributed by atoms with Crippen LogP contribution < -0.4 is 21.3 Å². The van der Waals surface area contributed by atoms with Gasteiger partial charge in [0, 0.05) is 36.0 Å². The highest BCUT2D eigenvalue weighted by Gasteiger charge is 3.26. The van der Waals surface area contributed by atoms with E-state index in [1.54, 1.807) is 0 Å². The normalized spacial score (nSPS) is 37.9. The first-order chi connectivity index (χ1) is 15.7. The number of amides is 4. The first-order valence-electron chi connectivity index (χ1n) is 12.6. The van der Waals surface area contributed by atoms with Gasteiger partial charge in [-0.1, -0.05) is 11.1 Å². The topological polar surface area (TPSA) is 116 Å². The number of rotatable bonds is 8. The summed E-state index contributed by atoms with van der Waals surface area (Å²) in [5.41, 5.74) is -3.11. The minimum atomic E-state index is -1.26. The van der Waals surface area contributed by atoms with Crippen LogP contribution in [0.1, 0.15) is 69.2 Å². The summed E-state index contributed by atoms with van der Waals surface area (Å²) < 4.78 is 0. The van der Waals surface area contributed by atoms with Gasteiger partial charge in [-0.3, -0.25) is 19.2 Å².